The molecule has 0 bridgehead atoms. The minimum atomic E-state index is 0.0226. The van der Waals surface area contributed by atoms with Crippen molar-refractivity contribution in [2.45, 2.75) is 24.7 Å². The topological polar surface area (TPSA) is 51.1 Å². The summed E-state index contributed by atoms with van der Waals surface area (Å²) in [4.78, 5) is 25.8. The molecule has 3 aromatic carbocycles. The maximum absolute atomic E-state index is 13.1. The Morgan fingerprint density at radius 2 is 1.45 bits per heavy atom. The van der Waals surface area contributed by atoms with Gasteiger partial charge in [0.2, 0.25) is 11.8 Å². The van der Waals surface area contributed by atoms with E-state index >= 15 is 0 Å². The maximum atomic E-state index is 13.1. The van der Waals surface area contributed by atoms with E-state index in [1.807, 2.05) is 72.2 Å². The minimum Gasteiger partial charge on any atom is -0.326 e. The zero-order valence-electron chi connectivity index (χ0n) is 16.2. The van der Waals surface area contributed by atoms with Crippen LogP contribution in [0.15, 0.2) is 77.7 Å². The quantitative estimate of drug-likeness (QED) is 0.405. The van der Waals surface area contributed by atoms with Crippen LogP contribution in [0.5, 0.6) is 0 Å². The molecule has 146 valence electrons. The second kappa shape index (κ2) is 8.53. The summed E-state index contributed by atoms with van der Waals surface area (Å²) in [5.74, 6) is 0.409. The fourth-order valence-corrected chi connectivity index (χ4v) is 4.23. The van der Waals surface area contributed by atoms with Crippen molar-refractivity contribution in [3.05, 3.63) is 72.8 Å². The lowest BCUT2D eigenvalue weighted by molar-refractivity contribution is -0.116. The third kappa shape index (κ3) is 4.05. The number of carbonyl (C=O) groups is 2. The summed E-state index contributed by atoms with van der Waals surface area (Å²) in [6.45, 7) is 1.98. The monoisotopic (exact) mass is 402 g/mol. The van der Waals surface area contributed by atoms with Crippen molar-refractivity contribution >= 4 is 51.1 Å². The van der Waals surface area contributed by atoms with E-state index in [4.69, 9.17) is 0 Å². The van der Waals surface area contributed by atoms with Crippen LogP contribution in [0.3, 0.4) is 0 Å². The number of aromatic nitrogens is 1. The van der Waals surface area contributed by atoms with E-state index in [-0.39, 0.29) is 11.8 Å². The Bertz CT molecular complexity index is 1130. The van der Waals surface area contributed by atoms with Crippen LogP contribution in [0.4, 0.5) is 5.69 Å². The van der Waals surface area contributed by atoms with E-state index in [1.54, 1.807) is 0 Å². The van der Waals surface area contributed by atoms with Gasteiger partial charge >= 0.3 is 0 Å². The Morgan fingerprint density at radius 1 is 0.862 bits per heavy atom. The smallest absolute Gasteiger partial charge is 0.241 e. The van der Waals surface area contributed by atoms with Crippen LogP contribution in [-0.2, 0) is 4.79 Å². The molecule has 1 amide bonds. The number of para-hydroxylation sites is 2. The van der Waals surface area contributed by atoms with Crippen molar-refractivity contribution in [3.63, 3.8) is 0 Å². The molecular formula is C24H22N2O2S. The van der Waals surface area contributed by atoms with E-state index in [1.165, 1.54) is 11.8 Å². The van der Waals surface area contributed by atoms with Crippen LogP contribution < -0.4 is 5.32 Å². The highest BCUT2D eigenvalue weighted by Gasteiger charge is 2.15. The summed E-state index contributed by atoms with van der Waals surface area (Å²) < 4.78 is 1.82. The van der Waals surface area contributed by atoms with Crippen LogP contribution in [0, 0.1) is 0 Å². The molecule has 1 aromatic heterocycles. The molecule has 0 unspecified atom stereocenters. The largest absolute Gasteiger partial charge is 0.326 e. The molecule has 5 heteroatoms. The van der Waals surface area contributed by atoms with Gasteiger partial charge in [0.15, 0.2) is 0 Å². The molecule has 0 aliphatic heterocycles. The van der Waals surface area contributed by atoms with Crippen LogP contribution in [-0.4, -0.2) is 22.1 Å². The summed E-state index contributed by atoms with van der Waals surface area (Å²) in [5.41, 5.74) is 2.66. The normalized spacial score (nSPS) is 11.1. The SMILES string of the molecule is CCCC(=O)Nc1ccc(SCC(=O)n2c3ccccc3c3ccccc32)cc1. The second-order valence-corrected chi connectivity index (χ2v) is 7.92. The number of carbonyl (C=O) groups excluding carboxylic acids is 2. The first-order chi connectivity index (χ1) is 14.2. The first-order valence-electron chi connectivity index (χ1n) is 9.71. The van der Waals surface area contributed by atoms with Crippen molar-refractivity contribution in [3.8, 4) is 0 Å². The Balaban J connectivity index is 1.51. The van der Waals surface area contributed by atoms with Crippen LogP contribution in [0.2, 0.25) is 0 Å². The molecular weight excluding hydrogens is 380 g/mol. The third-order valence-corrected chi connectivity index (χ3v) is 5.80. The first-order valence-corrected chi connectivity index (χ1v) is 10.7. The van der Waals surface area contributed by atoms with Gasteiger partial charge in [-0.15, -0.1) is 11.8 Å². The first kappa shape index (κ1) is 19.3. The molecule has 0 atom stereocenters. The highest BCUT2D eigenvalue weighted by molar-refractivity contribution is 8.00. The number of thioether (sulfide) groups is 1. The summed E-state index contributed by atoms with van der Waals surface area (Å²) in [7, 11) is 0. The van der Waals surface area contributed by atoms with Gasteiger partial charge in [0.25, 0.3) is 0 Å². The van der Waals surface area contributed by atoms with Crippen molar-refractivity contribution in [1.82, 2.24) is 4.57 Å². The number of benzene rings is 3. The number of anilines is 1. The van der Waals surface area contributed by atoms with Crippen molar-refractivity contribution < 1.29 is 9.59 Å². The number of rotatable bonds is 6. The van der Waals surface area contributed by atoms with Gasteiger partial charge in [-0.1, -0.05) is 43.3 Å². The lowest BCUT2D eigenvalue weighted by Crippen LogP contribution is -2.12. The highest BCUT2D eigenvalue weighted by Crippen LogP contribution is 2.29. The van der Waals surface area contributed by atoms with Gasteiger partial charge in [0.05, 0.1) is 16.8 Å². The van der Waals surface area contributed by atoms with E-state index in [0.29, 0.717) is 12.2 Å². The molecule has 0 aliphatic carbocycles. The third-order valence-electron chi connectivity index (χ3n) is 4.81. The molecule has 0 saturated carbocycles. The average Bonchev–Trinajstić information content (AvgIpc) is 3.08. The average molecular weight is 403 g/mol. The molecule has 1 heterocycles. The molecule has 0 spiro atoms. The van der Waals surface area contributed by atoms with Crippen molar-refractivity contribution in [1.29, 1.82) is 0 Å². The Morgan fingerprint density at radius 3 is 2.03 bits per heavy atom. The Labute approximate surface area is 173 Å². The van der Waals surface area contributed by atoms with Gasteiger partial charge < -0.3 is 5.32 Å². The molecule has 4 nitrogen and oxygen atoms in total. The predicted molar refractivity (Wildman–Crippen MR) is 121 cm³/mol. The van der Waals surface area contributed by atoms with Gasteiger partial charge in [-0.2, -0.15) is 0 Å². The number of fused-ring (bicyclic) bond motifs is 3. The molecule has 0 aliphatic rings. The van der Waals surface area contributed by atoms with E-state index in [0.717, 1.165) is 38.8 Å². The molecule has 0 saturated heterocycles. The molecule has 4 aromatic rings. The van der Waals surface area contributed by atoms with Crippen molar-refractivity contribution in [2.24, 2.45) is 0 Å². The molecule has 29 heavy (non-hydrogen) atoms. The number of nitrogens with one attached hydrogen (secondary N) is 1. The zero-order valence-corrected chi connectivity index (χ0v) is 17.0. The highest BCUT2D eigenvalue weighted by atomic mass is 32.2. The maximum Gasteiger partial charge on any atom is 0.241 e. The van der Waals surface area contributed by atoms with Gasteiger partial charge in [0, 0.05) is 27.8 Å². The van der Waals surface area contributed by atoms with Crippen LogP contribution >= 0.6 is 11.8 Å². The number of nitrogens with zero attached hydrogens (tertiary/aromatic N) is 1. The van der Waals surface area contributed by atoms with Crippen molar-refractivity contribution in [2.75, 3.05) is 11.1 Å². The molecule has 0 radical (unpaired) electrons. The summed E-state index contributed by atoms with van der Waals surface area (Å²) in [6.07, 6.45) is 1.34. The number of hydrogen-bond donors (Lipinski definition) is 1. The van der Waals surface area contributed by atoms with Gasteiger partial charge in [-0.05, 0) is 42.8 Å². The number of amides is 1. The minimum absolute atomic E-state index is 0.0226. The standard InChI is InChI=1S/C24H22N2O2S/c1-2-7-23(27)25-17-12-14-18(15-13-17)29-16-24(28)26-21-10-5-3-8-19(21)20-9-4-6-11-22(20)26/h3-6,8-15H,2,7,16H2,1H3,(H,25,27). The summed E-state index contributed by atoms with van der Waals surface area (Å²) >= 11 is 1.50. The van der Waals surface area contributed by atoms with Gasteiger partial charge in [0.1, 0.15) is 0 Å². The van der Waals surface area contributed by atoms with Crippen LogP contribution in [0.1, 0.15) is 24.6 Å². The number of hydrogen-bond acceptors (Lipinski definition) is 3. The van der Waals surface area contributed by atoms with Crippen LogP contribution in [0.25, 0.3) is 21.8 Å². The Kier molecular flexibility index (Phi) is 5.67. The van der Waals surface area contributed by atoms with E-state index < -0.39 is 0 Å². The molecule has 0 fully saturated rings. The summed E-state index contributed by atoms with van der Waals surface area (Å²) in [5, 5.41) is 5.06. The Hall–Kier alpha value is -3.05. The predicted octanol–water partition coefficient (Wildman–Crippen LogP) is 5.97. The lowest BCUT2D eigenvalue weighted by atomic mass is 10.2. The second-order valence-electron chi connectivity index (χ2n) is 6.87. The van der Waals surface area contributed by atoms with Gasteiger partial charge in [-0.25, -0.2) is 0 Å². The molecule has 4 rings (SSSR count). The van der Waals surface area contributed by atoms with Gasteiger partial charge in [-0.3, -0.25) is 14.2 Å². The fraction of sp³-hybridized carbons (Fsp3) is 0.167. The van der Waals surface area contributed by atoms with E-state index in [2.05, 4.69) is 17.4 Å². The summed E-state index contributed by atoms with van der Waals surface area (Å²) in [6, 6.07) is 23.6. The van der Waals surface area contributed by atoms with E-state index in [9.17, 15) is 9.59 Å². The molecule has 1 N–H and O–H groups in total. The lowest BCUT2D eigenvalue weighted by Gasteiger charge is -2.08. The zero-order chi connectivity index (χ0) is 20.2. The fourth-order valence-electron chi connectivity index (χ4n) is 3.49.